The topological polar surface area (TPSA) is 91.4 Å². The highest BCUT2D eigenvalue weighted by Gasteiger charge is 2.69. The zero-order valence-corrected chi connectivity index (χ0v) is 14.5. The van der Waals surface area contributed by atoms with Gasteiger partial charge in [0.05, 0.1) is 6.04 Å². The molecule has 2 atom stereocenters. The van der Waals surface area contributed by atoms with Gasteiger partial charge in [-0.25, -0.2) is 4.79 Å². The molecule has 7 nitrogen and oxygen atoms in total. The average Bonchev–Trinajstić information content (AvgIpc) is 2.93. The minimum atomic E-state index is -5.27. The molecule has 1 aromatic heterocycles. The molecular weight excluding hydrogens is 377 g/mol. The van der Waals surface area contributed by atoms with Crippen molar-refractivity contribution in [1.82, 2.24) is 20.5 Å². The molecule has 10 heteroatoms. The van der Waals surface area contributed by atoms with Gasteiger partial charge in [0.25, 0.3) is 17.5 Å². The number of rotatable bonds is 4. The fourth-order valence-corrected chi connectivity index (χ4v) is 2.87. The summed E-state index contributed by atoms with van der Waals surface area (Å²) in [6, 6.07) is 8.25. The van der Waals surface area contributed by atoms with E-state index in [1.165, 1.54) is 31.5 Å². The molecular formula is C18H15F3N4O3. The van der Waals surface area contributed by atoms with Gasteiger partial charge in [0.2, 0.25) is 0 Å². The number of hydrogen-bond acceptors (Lipinski definition) is 4. The number of amides is 4. The Labute approximate surface area is 157 Å². The molecule has 28 heavy (non-hydrogen) atoms. The molecule has 2 N–H and O–H groups in total. The second kappa shape index (κ2) is 6.95. The number of imide groups is 1. The van der Waals surface area contributed by atoms with E-state index in [1.54, 1.807) is 41.0 Å². The molecule has 0 radical (unpaired) electrons. The largest absolute Gasteiger partial charge is 0.440 e. The Morgan fingerprint density at radius 3 is 2.32 bits per heavy atom. The molecule has 0 aliphatic carbocycles. The third kappa shape index (κ3) is 3.17. The van der Waals surface area contributed by atoms with Crippen LogP contribution in [0.4, 0.5) is 18.0 Å². The van der Waals surface area contributed by atoms with Gasteiger partial charge in [0.1, 0.15) is 0 Å². The van der Waals surface area contributed by atoms with Crippen molar-refractivity contribution in [2.75, 3.05) is 0 Å². The van der Waals surface area contributed by atoms with Crippen LogP contribution >= 0.6 is 0 Å². The highest BCUT2D eigenvalue weighted by atomic mass is 19.4. The number of urea groups is 1. The molecule has 0 saturated carbocycles. The zero-order valence-electron chi connectivity index (χ0n) is 14.5. The Morgan fingerprint density at radius 1 is 1.14 bits per heavy atom. The van der Waals surface area contributed by atoms with E-state index >= 15 is 0 Å². The van der Waals surface area contributed by atoms with Gasteiger partial charge in [-0.3, -0.25) is 24.8 Å². The number of pyridine rings is 1. The van der Waals surface area contributed by atoms with E-state index < -0.39 is 35.7 Å². The maximum absolute atomic E-state index is 13.9. The van der Waals surface area contributed by atoms with Crippen molar-refractivity contribution in [3.05, 3.63) is 66.0 Å². The van der Waals surface area contributed by atoms with Gasteiger partial charge in [-0.05, 0) is 24.6 Å². The van der Waals surface area contributed by atoms with E-state index in [4.69, 9.17) is 0 Å². The second-order valence-electron chi connectivity index (χ2n) is 6.13. The lowest BCUT2D eigenvalue weighted by Gasteiger charge is -2.30. The summed E-state index contributed by atoms with van der Waals surface area (Å²) in [5.74, 6) is -2.79. The molecule has 146 valence electrons. The van der Waals surface area contributed by atoms with Crippen LogP contribution in [-0.4, -0.2) is 39.6 Å². The predicted molar refractivity (Wildman–Crippen MR) is 90.7 cm³/mol. The number of carbonyl (C=O) groups excluding carboxylic acids is 3. The standard InChI is InChI=1S/C18H15F3N4O3/c1-11(12-5-3-2-4-6-12)25-15(27)17(18(19,20)21,24-16(25)28)23-14(26)13-7-9-22-10-8-13/h2-11H,1H3,(H,23,26)(H,24,28). The molecule has 2 unspecified atom stereocenters. The van der Waals surface area contributed by atoms with Crippen molar-refractivity contribution in [3.8, 4) is 0 Å². The van der Waals surface area contributed by atoms with Crippen LogP contribution in [0.25, 0.3) is 0 Å². The lowest BCUT2D eigenvalue weighted by molar-refractivity contribution is -0.200. The van der Waals surface area contributed by atoms with E-state index in [1.807, 2.05) is 0 Å². The van der Waals surface area contributed by atoms with Gasteiger partial charge in [-0.2, -0.15) is 13.2 Å². The van der Waals surface area contributed by atoms with Gasteiger partial charge < -0.3 is 5.32 Å². The molecule has 1 fully saturated rings. The third-order valence-electron chi connectivity index (χ3n) is 4.39. The van der Waals surface area contributed by atoms with E-state index in [0.29, 0.717) is 10.5 Å². The van der Waals surface area contributed by atoms with Crippen LogP contribution in [0.2, 0.25) is 0 Å². The van der Waals surface area contributed by atoms with Crippen LogP contribution in [-0.2, 0) is 4.79 Å². The second-order valence-corrected chi connectivity index (χ2v) is 6.13. The molecule has 2 aromatic rings. The third-order valence-corrected chi connectivity index (χ3v) is 4.39. The number of carbonyl (C=O) groups is 3. The maximum atomic E-state index is 13.9. The van der Waals surface area contributed by atoms with Gasteiger partial charge in [-0.1, -0.05) is 30.3 Å². The first-order chi connectivity index (χ1) is 13.2. The molecule has 4 amide bonds. The fraction of sp³-hybridized carbons (Fsp3) is 0.222. The van der Waals surface area contributed by atoms with Crippen LogP contribution in [0, 0.1) is 0 Å². The van der Waals surface area contributed by atoms with Crippen molar-refractivity contribution in [2.45, 2.75) is 24.8 Å². The molecule has 3 rings (SSSR count). The van der Waals surface area contributed by atoms with E-state index in [9.17, 15) is 27.6 Å². The monoisotopic (exact) mass is 392 g/mol. The normalized spacial score (nSPS) is 20.6. The Morgan fingerprint density at radius 2 is 1.75 bits per heavy atom. The smallest absolute Gasteiger partial charge is 0.314 e. The Hall–Kier alpha value is -3.43. The Kier molecular flexibility index (Phi) is 4.80. The average molecular weight is 392 g/mol. The van der Waals surface area contributed by atoms with E-state index in [0.717, 1.165) is 0 Å². The van der Waals surface area contributed by atoms with Gasteiger partial charge >= 0.3 is 12.2 Å². The van der Waals surface area contributed by atoms with Crippen molar-refractivity contribution < 1.29 is 27.6 Å². The number of benzene rings is 1. The van der Waals surface area contributed by atoms with Gasteiger partial charge in [0, 0.05) is 18.0 Å². The van der Waals surface area contributed by atoms with Gasteiger partial charge in [-0.15, -0.1) is 0 Å². The summed E-state index contributed by atoms with van der Waals surface area (Å²) in [7, 11) is 0. The molecule has 1 aliphatic heterocycles. The van der Waals surface area contributed by atoms with Crippen molar-refractivity contribution >= 4 is 17.8 Å². The highest BCUT2D eigenvalue weighted by Crippen LogP contribution is 2.37. The Bertz CT molecular complexity index is 905. The number of hydrogen-bond donors (Lipinski definition) is 2. The molecule has 1 aliphatic rings. The summed E-state index contributed by atoms with van der Waals surface area (Å²) in [4.78, 5) is 41.5. The van der Waals surface area contributed by atoms with Crippen LogP contribution in [0.1, 0.15) is 28.9 Å². The summed E-state index contributed by atoms with van der Waals surface area (Å²) in [6.45, 7) is 1.42. The van der Waals surface area contributed by atoms with Gasteiger partial charge in [0.15, 0.2) is 0 Å². The summed E-state index contributed by atoms with van der Waals surface area (Å²) < 4.78 is 41.6. The van der Waals surface area contributed by atoms with Crippen molar-refractivity contribution in [1.29, 1.82) is 0 Å². The minimum Gasteiger partial charge on any atom is -0.314 e. The van der Waals surface area contributed by atoms with Crippen molar-refractivity contribution in [2.24, 2.45) is 0 Å². The maximum Gasteiger partial charge on any atom is 0.440 e. The lowest BCUT2D eigenvalue weighted by Crippen LogP contribution is -2.69. The number of nitrogens with zero attached hydrogens (tertiary/aromatic N) is 2. The van der Waals surface area contributed by atoms with Crippen LogP contribution in [0.5, 0.6) is 0 Å². The number of halogens is 3. The fourth-order valence-electron chi connectivity index (χ4n) is 2.87. The first-order valence-electron chi connectivity index (χ1n) is 8.17. The van der Waals surface area contributed by atoms with E-state index in [-0.39, 0.29) is 5.56 Å². The van der Waals surface area contributed by atoms with Crippen LogP contribution < -0.4 is 10.6 Å². The molecule has 0 bridgehead atoms. The number of aromatic nitrogens is 1. The molecule has 2 heterocycles. The lowest BCUT2D eigenvalue weighted by atomic mass is 10.0. The first kappa shape index (κ1) is 19.3. The summed E-state index contributed by atoms with van der Waals surface area (Å²) in [5, 5.41) is 3.27. The SMILES string of the molecule is CC(c1ccccc1)N1C(=O)NC(NC(=O)c2ccncc2)(C(F)(F)F)C1=O. The van der Waals surface area contributed by atoms with E-state index in [2.05, 4.69) is 4.98 Å². The number of alkyl halides is 3. The zero-order chi connectivity index (χ0) is 20.5. The summed E-state index contributed by atoms with van der Waals surface area (Å²) in [6.07, 6.45) is -2.84. The molecule has 1 saturated heterocycles. The summed E-state index contributed by atoms with van der Waals surface area (Å²) >= 11 is 0. The highest BCUT2D eigenvalue weighted by molar-refractivity contribution is 6.10. The summed E-state index contributed by atoms with van der Waals surface area (Å²) in [5.41, 5.74) is -3.24. The Balaban J connectivity index is 1.97. The van der Waals surface area contributed by atoms with Crippen LogP contribution in [0.3, 0.4) is 0 Å². The first-order valence-corrected chi connectivity index (χ1v) is 8.17. The molecule has 1 aromatic carbocycles. The van der Waals surface area contributed by atoms with Crippen molar-refractivity contribution in [3.63, 3.8) is 0 Å². The molecule has 0 spiro atoms. The predicted octanol–water partition coefficient (Wildman–Crippen LogP) is 2.38. The quantitative estimate of drug-likeness (QED) is 0.782. The minimum absolute atomic E-state index is 0.143. The number of nitrogens with one attached hydrogen (secondary N) is 2. The van der Waals surface area contributed by atoms with Crippen LogP contribution in [0.15, 0.2) is 54.9 Å².